The number of sulfonamides is 1. The highest BCUT2D eigenvalue weighted by atomic mass is 32.2. The number of allylic oxidation sites excluding steroid dienone is 2. The van der Waals surface area contributed by atoms with Gasteiger partial charge in [0.05, 0.1) is 10.8 Å². The third-order valence-corrected chi connectivity index (χ3v) is 6.62. The maximum Gasteiger partial charge on any atom is 0.247 e. The standard InChI is InChI=1S/C21H27N3O5S/c1-12(2)19(20(26)23-15-6-8-16(9-7-15)30(22,28)29)24-18(25)11-17(21(24)27)14-5-4-13(3)10-14/h4-9,12-14,17,19H,10-11H2,1-3H3,(H,23,26)(H2,22,28,29)/t13-,14+,17-,19-/m1/s1. The van der Waals surface area contributed by atoms with Gasteiger partial charge < -0.3 is 5.32 Å². The van der Waals surface area contributed by atoms with Crippen LogP contribution in [-0.4, -0.2) is 37.1 Å². The van der Waals surface area contributed by atoms with Gasteiger partial charge in [-0.3, -0.25) is 19.3 Å². The molecular formula is C21H27N3O5S. The number of carbonyl (C=O) groups is 3. The Bertz CT molecular complexity index is 984. The van der Waals surface area contributed by atoms with Crippen LogP contribution >= 0.6 is 0 Å². The number of nitrogens with one attached hydrogen (secondary N) is 1. The molecule has 0 saturated carbocycles. The number of primary sulfonamides is 1. The van der Waals surface area contributed by atoms with Gasteiger partial charge >= 0.3 is 0 Å². The zero-order chi connectivity index (χ0) is 22.2. The molecule has 8 nitrogen and oxygen atoms in total. The Morgan fingerprint density at radius 3 is 2.30 bits per heavy atom. The van der Waals surface area contributed by atoms with E-state index in [4.69, 9.17) is 5.14 Å². The van der Waals surface area contributed by atoms with Gasteiger partial charge in [-0.25, -0.2) is 13.6 Å². The summed E-state index contributed by atoms with van der Waals surface area (Å²) in [7, 11) is -3.84. The largest absolute Gasteiger partial charge is 0.324 e. The van der Waals surface area contributed by atoms with E-state index in [0.29, 0.717) is 11.6 Å². The van der Waals surface area contributed by atoms with Crippen molar-refractivity contribution in [3.05, 3.63) is 36.4 Å². The van der Waals surface area contributed by atoms with Crippen LogP contribution in [0.2, 0.25) is 0 Å². The van der Waals surface area contributed by atoms with Crippen molar-refractivity contribution in [3.8, 4) is 0 Å². The van der Waals surface area contributed by atoms with Crippen molar-refractivity contribution in [3.63, 3.8) is 0 Å². The topological polar surface area (TPSA) is 127 Å². The molecule has 0 spiro atoms. The molecular weight excluding hydrogens is 406 g/mol. The van der Waals surface area contributed by atoms with Gasteiger partial charge in [0.2, 0.25) is 27.7 Å². The lowest BCUT2D eigenvalue weighted by Gasteiger charge is -2.29. The third kappa shape index (κ3) is 4.46. The maximum atomic E-state index is 13.1. The molecule has 3 rings (SSSR count). The Morgan fingerprint density at radius 1 is 1.17 bits per heavy atom. The zero-order valence-corrected chi connectivity index (χ0v) is 18.1. The molecule has 0 radical (unpaired) electrons. The average molecular weight is 434 g/mol. The van der Waals surface area contributed by atoms with Crippen LogP contribution in [0, 0.1) is 23.7 Å². The molecule has 1 heterocycles. The number of imide groups is 1. The lowest BCUT2D eigenvalue weighted by Crippen LogP contribution is -2.50. The molecule has 3 N–H and O–H groups in total. The fraction of sp³-hybridized carbons (Fsp3) is 0.476. The highest BCUT2D eigenvalue weighted by molar-refractivity contribution is 7.89. The number of carbonyl (C=O) groups excluding carboxylic acids is 3. The summed E-state index contributed by atoms with van der Waals surface area (Å²) in [5, 5.41) is 7.76. The second kappa shape index (κ2) is 8.31. The van der Waals surface area contributed by atoms with Crippen molar-refractivity contribution >= 4 is 33.4 Å². The second-order valence-corrected chi connectivity index (χ2v) is 9.98. The number of likely N-dealkylation sites (tertiary alicyclic amines) is 1. The van der Waals surface area contributed by atoms with Gasteiger partial charge in [-0.2, -0.15) is 0 Å². The smallest absolute Gasteiger partial charge is 0.247 e. The van der Waals surface area contributed by atoms with Crippen LogP contribution in [0.3, 0.4) is 0 Å². The highest BCUT2D eigenvalue weighted by Gasteiger charge is 2.48. The summed E-state index contributed by atoms with van der Waals surface area (Å²) in [5.41, 5.74) is 0.348. The minimum absolute atomic E-state index is 0.0167. The summed E-state index contributed by atoms with van der Waals surface area (Å²) in [6, 6.07) is 4.44. The van der Waals surface area contributed by atoms with Gasteiger partial charge in [0.15, 0.2) is 0 Å². The number of amides is 3. The minimum atomic E-state index is -3.84. The van der Waals surface area contributed by atoms with Crippen molar-refractivity contribution in [2.24, 2.45) is 28.8 Å². The Kier molecular flexibility index (Phi) is 6.14. The van der Waals surface area contributed by atoms with E-state index in [1.165, 1.54) is 24.3 Å². The van der Waals surface area contributed by atoms with Gasteiger partial charge in [0, 0.05) is 12.1 Å². The average Bonchev–Trinajstić information content (AvgIpc) is 3.19. The van der Waals surface area contributed by atoms with E-state index < -0.39 is 27.9 Å². The first-order valence-electron chi connectivity index (χ1n) is 9.97. The fourth-order valence-corrected chi connectivity index (χ4v) is 4.70. The molecule has 162 valence electrons. The predicted molar refractivity (Wildman–Crippen MR) is 111 cm³/mol. The Hall–Kier alpha value is -2.52. The van der Waals surface area contributed by atoms with Crippen molar-refractivity contribution in [2.75, 3.05) is 5.32 Å². The van der Waals surface area contributed by atoms with Crippen molar-refractivity contribution < 1.29 is 22.8 Å². The van der Waals surface area contributed by atoms with Crippen LogP contribution in [0.15, 0.2) is 41.3 Å². The SMILES string of the molecule is CC(C)[C@H](C(=O)Nc1ccc(S(N)(=O)=O)cc1)N1C(=O)C[C@H]([C@H]2C=C[C@@H](C)C2)C1=O. The molecule has 1 aliphatic heterocycles. The van der Waals surface area contributed by atoms with Crippen LogP contribution in [0.1, 0.15) is 33.6 Å². The van der Waals surface area contributed by atoms with Crippen molar-refractivity contribution in [1.82, 2.24) is 4.90 Å². The molecule has 1 fully saturated rings. The van der Waals surface area contributed by atoms with Crippen molar-refractivity contribution in [2.45, 2.75) is 44.6 Å². The van der Waals surface area contributed by atoms with E-state index in [0.717, 1.165) is 11.3 Å². The Morgan fingerprint density at radius 2 is 1.80 bits per heavy atom. The summed E-state index contributed by atoms with van der Waals surface area (Å²) >= 11 is 0. The van der Waals surface area contributed by atoms with Crippen LogP contribution in [0.25, 0.3) is 0 Å². The van der Waals surface area contributed by atoms with E-state index in [9.17, 15) is 22.8 Å². The van der Waals surface area contributed by atoms with Gasteiger partial charge in [-0.1, -0.05) is 32.9 Å². The normalized spacial score (nSPS) is 25.2. The number of hydrogen-bond acceptors (Lipinski definition) is 5. The Balaban J connectivity index is 1.78. The summed E-state index contributed by atoms with van der Waals surface area (Å²) in [6.45, 7) is 5.63. The van der Waals surface area contributed by atoms with Crippen LogP contribution < -0.4 is 10.5 Å². The number of benzene rings is 1. The molecule has 1 saturated heterocycles. The van der Waals surface area contributed by atoms with E-state index in [1.54, 1.807) is 13.8 Å². The van der Waals surface area contributed by atoms with Gasteiger partial charge in [-0.15, -0.1) is 0 Å². The van der Waals surface area contributed by atoms with E-state index in [-0.39, 0.29) is 35.0 Å². The molecule has 1 aliphatic carbocycles. The number of nitrogens with two attached hydrogens (primary N) is 1. The molecule has 2 aliphatic rings. The van der Waals surface area contributed by atoms with Gasteiger partial charge in [-0.05, 0) is 48.4 Å². The molecule has 4 atom stereocenters. The van der Waals surface area contributed by atoms with Crippen LogP contribution in [-0.2, 0) is 24.4 Å². The maximum absolute atomic E-state index is 13.1. The molecule has 1 aromatic rings. The lowest BCUT2D eigenvalue weighted by atomic mass is 9.89. The van der Waals surface area contributed by atoms with Gasteiger partial charge in [0.25, 0.3) is 0 Å². The van der Waals surface area contributed by atoms with Crippen molar-refractivity contribution in [1.29, 1.82) is 0 Å². The molecule has 9 heteroatoms. The fourth-order valence-electron chi connectivity index (χ4n) is 4.18. The minimum Gasteiger partial charge on any atom is -0.324 e. The number of hydrogen-bond donors (Lipinski definition) is 2. The Labute approximate surface area is 176 Å². The summed E-state index contributed by atoms with van der Waals surface area (Å²) in [5.74, 6) is -1.47. The number of anilines is 1. The molecule has 0 bridgehead atoms. The molecule has 0 unspecified atom stereocenters. The second-order valence-electron chi connectivity index (χ2n) is 8.42. The van der Waals surface area contributed by atoms with E-state index in [1.807, 2.05) is 6.08 Å². The zero-order valence-electron chi connectivity index (χ0n) is 17.2. The van der Waals surface area contributed by atoms with E-state index >= 15 is 0 Å². The first-order chi connectivity index (χ1) is 14.0. The van der Waals surface area contributed by atoms with Gasteiger partial charge in [0.1, 0.15) is 6.04 Å². The highest BCUT2D eigenvalue weighted by Crippen LogP contribution is 2.37. The number of rotatable bonds is 6. The van der Waals surface area contributed by atoms with Crippen LogP contribution in [0.4, 0.5) is 5.69 Å². The number of nitrogens with zero attached hydrogens (tertiary/aromatic N) is 1. The summed E-state index contributed by atoms with van der Waals surface area (Å²) < 4.78 is 22.7. The predicted octanol–water partition coefficient (Wildman–Crippen LogP) is 1.88. The molecule has 30 heavy (non-hydrogen) atoms. The first kappa shape index (κ1) is 22.2. The molecule has 3 amide bonds. The third-order valence-electron chi connectivity index (χ3n) is 5.69. The quantitative estimate of drug-likeness (QED) is 0.523. The van der Waals surface area contributed by atoms with E-state index in [2.05, 4.69) is 18.3 Å². The lowest BCUT2D eigenvalue weighted by molar-refractivity contribution is -0.147. The first-order valence-corrected chi connectivity index (χ1v) is 11.5. The molecule has 0 aromatic heterocycles. The monoisotopic (exact) mass is 433 g/mol. The van der Waals surface area contributed by atoms with Crippen LogP contribution in [0.5, 0.6) is 0 Å². The molecule has 1 aromatic carbocycles. The summed E-state index contributed by atoms with van der Waals surface area (Å²) in [6.07, 6.45) is 5.00. The summed E-state index contributed by atoms with van der Waals surface area (Å²) in [4.78, 5) is 39.8.